The highest BCUT2D eigenvalue weighted by molar-refractivity contribution is 9.11. The number of hydrogen-bond donors (Lipinski definition) is 0. The van der Waals surface area contributed by atoms with E-state index in [1.807, 2.05) is 30.3 Å². The fraction of sp³-hybridized carbons (Fsp3) is 0.222. The minimum atomic E-state index is -0.333. The fourth-order valence-corrected chi connectivity index (χ4v) is 2.34. The van der Waals surface area contributed by atoms with Gasteiger partial charge in [-0.25, -0.2) is 4.79 Å². The lowest BCUT2D eigenvalue weighted by atomic mass is 10.4. The van der Waals surface area contributed by atoms with Crippen molar-refractivity contribution in [3.05, 3.63) is 30.3 Å². The number of benzene rings is 1. The monoisotopic (exact) mass is 260 g/mol. The molecule has 1 atom stereocenters. The summed E-state index contributed by atoms with van der Waals surface area (Å²) in [7, 11) is 1.38. The van der Waals surface area contributed by atoms with Gasteiger partial charge in [0, 0.05) is 4.90 Å². The molecule has 4 heteroatoms. The molecule has 1 aromatic carbocycles. The van der Waals surface area contributed by atoms with E-state index >= 15 is 0 Å². The van der Waals surface area contributed by atoms with Gasteiger partial charge < -0.3 is 4.74 Å². The van der Waals surface area contributed by atoms with E-state index in [4.69, 9.17) is 0 Å². The number of carbonyl (C=O) groups is 1. The van der Waals surface area contributed by atoms with Crippen LogP contribution in [-0.4, -0.2) is 17.2 Å². The zero-order chi connectivity index (χ0) is 9.68. The summed E-state index contributed by atoms with van der Waals surface area (Å²) in [5.74, 6) is -0.270. The number of thioether (sulfide) groups is 1. The zero-order valence-corrected chi connectivity index (χ0v) is 9.47. The van der Waals surface area contributed by atoms with E-state index in [1.54, 1.807) is 0 Å². The van der Waals surface area contributed by atoms with Crippen LogP contribution in [0.25, 0.3) is 0 Å². The molecular formula is C9H9BrO2S. The first-order valence-corrected chi connectivity index (χ1v) is 5.47. The average Bonchev–Trinajstić information content (AvgIpc) is 2.18. The van der Waals surface area contributed by atoms with Crippen LogP contribution < -0.4 is 0 Å². The summed E-state index contributed by atoms with van der Waals surface area (Å²) >= 11 is 4.65. The van der Waals surface area contributed by atoms with E-state index in [1.165, 1.54) is 18.9 Å². The number of rotatable bonds is 3. The van der Waals surface area contributed by atoms with Gasteiger partial charge in [-0.05, 0) is 12.1 Å². The molecule has 0 saturated carbocycles. The second kappa shape index (κ2) is 5.29. The van der Waals surface area contributed by atoms with Gasteiger partial charge in [-0.15, -0.1) is 0 Å². The highest BCUT2D eigenvalue weighted by atomic mass is 79.9. The Morgan fingerprint density at radius 1 is 1.46 bits per heavy atom. The third kappa shape index (κ3) is 3.40. The summed E-state index contributed by atoms with van der Waals surface area (Å²) in [6.07, 6.45) is 0. The average molecular weight is 261 g/mol. The van der Waals surface area contributed by atoms with Crippen LogP contribution in [0, 0.1) is 0 Å². The van der Waals surface area contributed by atoms with Gasteiger partial charge in [-0.2, -0.15) is 0 Å². The van der Waals surface area contributed by atoms with Crippen LogP contribution in [0.4, 0.5) is 0 Å². The molecule has 0 fully saturated rings. The van der Waals surface area contributed by atoms with Gasteiger partial charge in [-0.1, -0.05) is 45.9 Å². The summed E-state index contributed by atoms with van der Waals surface area (Å²) in [6.45, 7) is 0. The lowest BCUT2D eigenvalue weighted by Crippen LogP contribution is -2.11. The number of methoxy groups -OCH3 is 1. The predicted molar refractivity (Wildman–Crippen MR) is 57.0 cm³/mol. The third-order valence-electron chi connectivity index (χ3n) is 1.37. The molecule has 1 unspecified atom stereocenters. The molecule has 0 amide bonds. The predicted octanol–water partition coefficient (Wildman–Crippen LogP) is 2.67. The maximum absolute atomic E-state index is 11.0. The molecule has 0 aliphatic rings. The largest absolute Gasteiger partial charge is 0.468 e. The minimum Gasteiger partial charge on any atom is -0.468 e. The molecule has 2 nitrogen and oxygen atoms in total. The van der Waals surface area contributed by atoms with Crippen molar-refractivity contribution in [2.45, 2.75) is 9.05 Å². The lowest BCUT2D eigenvalue weighted by molar-refractivity contribution is -0.138. The Morgan fingerprint density at radius 3 is 2.62 bits per heavy atom. The number of hydrogen-bond acceptors (Lipinski definition) is 3. The summed E-state index contributed by atoms with van der Waals surface area (Å²) in [5, 5.41) is 0. The van der Waals surface area contributed by atoms with Crippen LogP contribution in [0.15, 0.2) is 35.2 Å². The zero-order valence-electron chi connectivity index (χ0n) is 7.07. The van der Waals surface area contributed by atoms with Crippen molar-refractivity contribution in [3.8, 4) is 0 Å². The molecular weight excluding hydrogens is 252 g/mol. The van der Waals surface area contributed by atoms with Crippen LogP contribution >= 0.6 is 27.7 Å². The lowest BCUT2D eigenvalue weighted by Gasteiger charge is -2.06. The first-order valence-electron chi connectivity index (χ1n) is 3.67. The molecule has 0 aromatic heterocycles. The Bertz CT molecular complexity index is 276. The quantitative estimate of drug-likeness (QED) is 0.475. The van der Waals surface area contributed by atoms with E-state index < -0.39 is 0 Å². The summed E-state index contributed by atoms with van der Waals surface area (Å²) in [6, 6.07) is 9.69. The first kappa shape index (κ1) is 10.6. The van der Waals surface area contributed by atoms with Crippen LogP contribution in [0.1, 0.15) is 0 Å². The summed E-state index contributed by atoms with van der Waals surface area (Å²) in [4.78, 5) is 12.1. The first-order chi connectivity index (χ1) is 6.24. The molecule has 1 aromatic rings. The number of carbonyl (C=O) groups excluding carboxylic acids is 1. The Kier molecular flexibility index (Phi) is 4.32. The Balaban J connectivity index is 2.55. The van der Waals surface area contributed by atoms with Gasteiger partial charge in [0.1, 0.15) is 0 Å². The standard InChI is InChI=1S/C9H9BrO2S/c1-12-9(11)8(10)13-7-5-3-2-4-6-7/h2-6,8H,1H3. The van der Waals surface area contributed by atoms with Crippen molar-refractivity contribution in [3.63, 3.8) is 0 Å². The number of ether oxygens (including phenoxy) is 1. The van der Waals surface area contributed by atoms with Gasteiger partial charge in [0.15, 0.2) is 4.16 Å². The molecule has 0 aliphatic carbocycles. The van der Waals surface area contributed by atoms with Crippen LogP contribution in [0.3, 0.4) is 0 Å². The van der Waals surface area contributed by atoms with E-state index in [0.717, 1.165) is 4.90 Å². The van der Waals surface area contributed by atoms with Gasteiger partial charge >= 0.3 is 5.97 Å². The van der Waals surface area contributed by atoms with Crippen molar-refractivity contribution in [1.29, 1.82) is 0 Å². The smallest absolute Gasteiger partial charge is 0.330 e. The van der Waals surface area contributed by atoms with Gasteiger partial charge in [0.05, 0.1) is 7.11 Å². The molecule has 13 heavy (non-hydrogen) atoms. The van der Waals surface area contributed by atoms with E-state index in [9.17, 15) is 4.79 Å². The molecule has 0 aliphatic heterocycles. The van der Waals surface area contributed by atoms with Crippen molar-refractivity contribution >= 4 is 33.7 Å². The third-order valence-corrected chi connectivity index (χ3v) is 3.25. The summed E-state index contributed by atoms with van der Waals surface area (Å²) in [5.41, 5.74) is 0. The maximum atomic E-state index is 11.0. The minimum absolute atomic E-state index is 0.270. The van der Waals surface area contributed by atoms with Crippen molar-refractivity contribution in [2.75, 3.05) is 7.11 Å². The number of halogens is 1. The van der Waals surface area contributed by atoms with Gasteiger partial charge in [0.25, 0.3) is 0 Å². The Labute approximate surface area is 89.8 Å². The molecule has 0 N–H and O–H groups in total. The van der Waals surface area contributed by atoms with Gasteiger partial charge in [0.2, 0.25) is 0 Å². The topological polar surface area (TPSA) is 26.3 Å². The van der Waals surface area contributed by atoms with Crippen LogP contribution in [0.2, 0.25) is 0 Å². The molecule has 0 saturated heterocycles. The Hall–Kier alpha value is -0.480. The molecule has 0 bridgehead atoms. The second-order valence-electron chi connectivity index (χ2n) is 2.27. The summed E-state index contributed by atoms with van der Waals surface area (Å²) < 4.78 is 4.24. The fourth-order valence-electron chi connectivity index (χ4n) is 0.759. The Morgan fingerprint density at radius 2 is 2.08 bits per heavy atom. The van der Waals surface area contributed by atoms with E-state index in [-0.39, 0.29) is 10.1 Å². The van der Waals surface area contributed by atoms with Crippen molar-refractivity contribution < 1.29 is 9.53 Å². The van der Waals surface area contributed by atoms with Crippen LogP contribution in [0.5, 0.6) is 0 Å². The molecule has 0 radical (unpaired) electrons. The molecule has 70 valence electrons. The SMILES string of the molecule is COC(=O)C(Br)Sc1ccccc1. The molecule has 0 heterocycles. The highest BCUT2D eigenvalue weighted by Crippen LogP contribution is 2.27. The van der Waals surface area contributed by atoms with E-state index in [0.29, 0.717) is 0 Å². The van der Waals surface area contributed by atoms with Gasteiger partial charge in [-0.3, -0.25) is 0 Å². The van der Waals surface area contributed by atoms with Crippen LogP contribution in [-0.2, 0) is 9.53 Å². The van der Waals surface area contributed by atoms with E-state index in [2.05, 4.69) is 20.7 Å². The number of esters is 1. The maximum Gasteiger partial charge on any atom is 0.330 e. The highest BCUT2D eigenvalue weighted by Gasteiger charge is 2.15. The normalized spacial score (nSPS) is 12.2. The van der Waals surface area contributed by atoms with Crippen molar-refractivity contribution in [2.24, 2.45) is 0 Å². The number of alkyl halides is 1. The second-order valence-corrected chi connectivity index (χ2v) is 4.97. The van der Waals surface area contributed by atoms with Crippen molar-refractivity contribution in [1.82, 2.24) is 0 Å². The molecule has 0 spiro atoms. The molecule has 1 rings (SSSR count).